The van der Waals surface area contributed by atoms with Crippen LogP contribution in [-0.4, -0.2) is 89.9 Å². The van der Waals surface area contributed by atoms with Gasteiger partial charge in [-0.25, -0.2) is 0 Å². The molecule has 0 aromatic heterocycles. The molecule has 0 unspecified atom stereocenters. The number of hydrogen-bond acceptors (Lipinski definition) is 9. The summed E-state index contributed by atoms with van der Waals surface area (Å²) in [4.78, 5) is 42.8. The van der Waals surface area contributed by atoms with Gasteiger partial charge in [-0.3, -0.25) is 14.4 Å². The Labute approximate surface area is 209 Å². The molecule has 0 aliphatic rings. The maximum Gasteiger partial charge on any atom is 0.264 e. The SMILES string of the molecule is CC(=O)c1c(OC(=S)N(C)C)c(C(C)=O)c(OC(=S)N(C)C)c(C(C)=O)c1OC(=S)N(C)C. The molecule has 180 valence electrons. The van der Waals surface area contributed by atoms with Crippen molar-refractivity contribution in [2.45, 2.75) is 20.8 Å². The summed E-state index contributed by atoms with van der Waals surface area (Å²) in [6.45, 7) is 3.72. The van der Waals surface area contributed by atoms with Gasteiger partial charge in [0.2, 0.25) is 0 Å². The highest BCUT2D eigenvalue weighted by molar-refractivity contribution is 7.80. The molecule has 1 aromatic carbocycles. The second kappa shape index (κ2) is 11.4. The van der Waals surface area contributed by atoms with Crippen LogP contribution in [0.2, 0.25) is 0 Å². The lowest BCUT2D eigenvalue weighted by atomic mass is 9.94. The Morgan fingerprint density at radius 3 is 0.818 bits per heavy atom. The van der Waals surface area contributed by atoms with Crippen molar-refractivity contribution in [1.82, 2.24) is 14.7 Å². The Kier molecular flexibility index (Phi) is 9.82. The molecular formula is C21H27N3O6S3. The van der Waals surface area contributed by atoms with Crippen LogP contribution in [0, 0.1) is 0 Å². The number of carbonyl (C=O) groups excluding carboxylic acids is 3. The lowest BCUT2D eigenvalue weighted by Crippen LogP contribution is -2.30. The van der Waals surface area contributed by atoms with Gasteiger partial charge in [-0.05, 0) is 57.4 Å². The molecule has 0 amide bonds. The molecule has 0 saturated heterocycles. The standard InChI is InChI=1S/C21H27N3O6S3/c1-10(25)13-16(28-19(31)22(4)5)14(11(2)26)18(30-21(33)24(8)9)15(12(3)27)17(13)29-20(32)23(6)7/h1-9H3. The van der Waals surface area contributed by atoms with Crippen molar-refractivity contribution in [3.63, 3.8) is 0 Å². The fraction of sp³-hybridized carbons (Fsp3) is 0.429. The van der Waals surface area contributed by atoms with E-state index in [-0.39, 0.29) is 49.5 Å². The number of thiocarbonyl (C=S) groups is 3. The maximum atomic E-state index is 12.8. The van der Waals surface area contributed by atoms with E-state index < -0.39 is 17.3 Å². The molecule has 0 spiro atoms. The van der Waals surface area contributed by atoms with Crippen LogP contribution in [0.25, 0.3) is 0 Å². The van der Waals surface area contributed by atoms with Crippen molar-refractivity contribution < 1.29 is 28.6 Å². The van der Waals surface area contributed by atoms with Crippen molar-refractivity contribution in [3.05, 3.63) is 16.7 Å². The zero-order valence-corrected chi connectivity index (χ0v) is 22.5. The number of Topliss-reactive ketones (excluding diaryl/α,β-unsaturated/α-hetero) is 3. The number of ether oxygens (including phenoxy) is 3. The van der Waals surface area contributed by atoms with Gasteiger partial charge >= 0.3 is 0 Å². The van der Waals surface area contributed by atoms with E-state index in [1.54, 1.807) is 42.3 Å². The van der Waals surface area contributed by atoms with E-state index in [1.165, 1.54) is 35.5 Å². The van der Waals surface area contributed by atoms with Gasteiger partial charge in [-0.15, -0.1) is 0 Å². The van der Waals surface area contributed by atoms with E-state index in [4.69, 9.17) is 50.9 Å². The average Bonchev–Trinajstić information content (AvgIpc) is 2.66. The van der Waals surface area contributed by atoms with Gasteiger partial charge in [0, 0.05) is 42.3 Å². The second-order valence-corrected chi connectivity index (χ2v) is 8.62. The molecule has 0 N–H and O–H groups in total. The molecule has 0 aliphatic heterocycles. The smallest absolute Gasteiger partial charge is 0.264 e. The quantitative estimate of drug-likeness (QED) is 0.414. The first-order valence-corrected chi connectivity index (χ1v) is 10.8. The Morgan fingerprint density at radius 1 is 0.515 bits per heavy atom. The predicted molar refractivity (Wildman–Crippen MR) is 137 cm³/mol. The topological polar surface area (TPSA) is 88.6 Å². The van der Waals surface area contributed by atoms with Gasteiger partial charge in [0.25, 0.3) is 15.5 Å². The van der Waals surface area contributed by atoms with E-state index in [9.17, 15) is 14.4 Å². The van der Waals surface area contributed by atoms with Crippen molar-refractivity contribution in [3.8, 4) is 17.2 Å². The molecular weight excluding hydrogens is 486 g/mol. The third-order valence-electron chi connectivity index (χ3n) is 4.08. The first-order valence-electron chi connectivity index (χ1n) is 9.55. The molecule has 1 aromatic rings. The van der Waals surface area contributed by atoms with Crippen LogP contribution in [0.4, 0.5) is 0 Å². The van der Waals surface area contributed by atoms with Crippen molar-refractivity contribution in [1.29, 1.82) is 0 Å². The second-order valence-electron chi connectivity index (χ2n) is 7.57. The van der Waals surface area contributed by atoms with E-state index in [1.807, 2.05) is 0 Å². The van der Waals surface area contributed by atoms with E-state index in [0.29, 0.717) is 0 Å². The van der Waals surface area contributed by atoms with Gasteiger partial charge in [-0.2, -0.15) is 0 Å². The van der Waals surface area contributed by atoms with E-state index in [0.717, 1.165) is 0 Å². The summed E-state index contributed by atoms with van der Waals surface area (Å²) in [6, 6.07) is 0. The Balaban J connectivity index is 4.29. The number of hydrogen-bond donors (Lipinski definition) is 0. The molecule has 0 saturated carbocycles. The molecule has 33 heavy (non-hydrogen) atoms. The minimum atomic E-state index is -0.546. The molecule has 9 nitrogen and oxygen atoms in total. The van der Waals surface area contributed by atoms with Crippen LogP contribution in [0.5, 0.6) is 17.2 Å². The molecule has 0 heterocycles. The van der Waals surface area contributed by atoms with Crippen LogP contribution in [0.1, 0.15) is 51.8 Å². The minimum absolute atomic E-state index is 0.0437. The Bertz CT molecular complexity index is 885. The van der Waals surface area contributed by atoms with Gasteiger partial charge in [0.15, 0.2) is 34.6 Å². The molecule has 12 heteroatoms. The largest absolute Gasteiger partial charge is 0.430 e. The molecule has 0 aliphatic carbocycles. The summed E-state index contributed by atoms with van der Waals surface area (Å²) in [6.07, 6.45) is 0. The van der Waals surface area contributed by atoms with Crippen molar-refractivity contribution in [2.75, 3.05) is 42.3 Å². The Morgan fingerprint density at radius 2 is 0.697 bits per heavy atom. The summed E-state index contributed by atoms with van der Waals surface area (Å²) in [5.74, 6) is -2.29. The Hall–Kier alpha value is -2.70. The monoisotopic (exact) mass is 513 g/mol. The fourth-order valence-electron chi connectivity index (χ4n) is 2.49. The molecule has 0 bridgehead atoms. The third kappa shape index (κ3) is 6.65. The van der Waals surface area contributed by atoms with Crippen LogP contribution in [-0.2, 0) is 0 Å². The summed E-state index contributed by atoms with van der Waals surface area (Å²) in [7, 11) is 9.78. The average molecular weight is 514 g/mol. The van der Waals surface area contributed by atoms with Crippen LogP contribution >= 0.6 is 36.7 Å². The van der Waals surface area contributed by atoms with Crippen LogP contribution in [0.3, 0.4) is 0 Å². The number of benzene rings is 1. The molecule has 0 radical (unpaired) electrons. The highest BCUT2D eigenvalue weighted by Crippen LogP contribution is 2.45. The minimum Gasteiger partial charge on any atom is -0.430 e. The number of rotatable bonds is 6. The normalized spacial score (nSPS) is 10.1. The molecule has 0 atom stereocenters. The van der Waals surface area contributed by atoms with Gasteiger partial charge in [0.05, 0.1) is 0 Å². The first-order chi connectivity index (χ1) is 15.1. The summed E-state index contributed by atoms with van der Waals surface area (Å²) in [5, 5.41) is -0.131. The zero-order chi connectivity index (χ0) is 25.8. The number of ketones is 3. The number of nitrogens with zero attached hydrogens (tertiary/aromatic N) is 3. The van der Waals surface area contributed by atoms with Crippen molar-refractivity contribution in [2.24, 2.45) is 0 Å². The summed E-state index contributed by atoms with van der Waals surface area (Å²) < 4.78 is 17.4. The lowest BCUT2D eigenvalue weighted by Gasteiger charge is -2.26. The highest BCUT2D eigenvalue weighted by Gasteiger charge is 2.35. The van der Waals surface area contributed by atoms with Gasteiger partial charge < -0.3 is 28.9 Å². The third-order valence-corrected chi connectivity index (χ3v) is 5.43. The lowest BCUT2D eigenvalue weighted by molar-refractivity contribution is 0.101. The summed E-state index contributed by atoms with van der Waals surface area (Å²) >= 11 is 15.7. The van der Waals surface area contributed by atoms with Crippen LogP contribution < -0.4 is 14.2 Å². The fourth-order valence-corrected chi connectivity index (χ4v) is 2.74. The van der Waals surface area contributed by atoms with Crippen molar-refractivity contribution >= 4 is 69.5 Å². The van der Waals surface area contributed by atoms with E-state index >= 15 is 0 Å². The summed E-state index contributed by atoms with van der Waals surface area (Å²) in [5.41, 5.74) is -0.536. The predicted octanol–water partition coefficient (Wildman–Crippen LogP) is 2.97. The van der Waals surface area contributed by atoms with Crippen LogP contribution in [0.15, 0.2) is 0 Å². The molecule has 1 rings (SSSR count). The van der Waals surface area contributed by atoms with Gasteiger partial charge in [0.1, 0.15) is 16.7 Å². The highest BCUT2D eigenvalue weighted by atomic mass is 32.1. The van der Waals surface area contributed by atoms with E-state index in [2.05, 4.69) is 0 Å². The van der Waals surface area contributed by atoms with Gasteiger partial charge in [-0.1, -0.05) is 0 Å². The zero-order valence-electron chi connectivity index (χ0n) is 20.0. The maximum absolute atomic E-state index is 12.8. The first kappa shape index (κ1) is 28.3. The number of carbonyl (C=O) groups is 3. The molecule has 0 fully saturated rings.